The molecule has 3 aliphatic carbocycles. The summed E-state index contributed by atoms with van der Waals surface area (Å²) in [5.74, 6) is 5.80. The Hall–Kier alpha value is -2.16. The Morgan fingerprint density at radius 2 is 1.91 bits per heavy atom. The summed E-state index contributed by atoms with van der Waals surface area (Å²) in [5, 5.41) is 10.0. The highest BCUT2D eigenvalue weighted by atomic mass is 16.5. The van der Waals surface area contributed by atoms with Crippen molar-refractivity contribution in [1.29, 1.82) is 0 Å². The fourth-order valence-electron chi connectivity index (χ4n) is 7.91. The zero-order valence-corrected chi connectivity index (χ0v) is 20.8. The van der Waals surface area contributed by atoms with Crippen molar-refractivity contribution in [3.8, 4) is 17.2 Å². The van der Waals surface area contributed by atoms with E-state index in [0.717, 1.165) is 55.1 Å². The molecule has 0 bridgehead atoms. The molecule has 0 amide bonds. The average molecular weight is 449 g/mol. The van der Waals surface area contributed by atoms with Gasteiger partial charge in [0.2, 0.25) is 0 Å². The minimum Gasteiger partial charge on any atom is -0.508 e. The lowest BCUT2D eigenvalue weighted by Gasteiger charge is -2.53. The number of ether oxygens (including phenoxy) is 2. The van der Waals surface area contributed by atoms with Crippen LogP contribution in [0.4, 0.5) is 0 Å². The van der Waals surface area contributed by atoms with Gasteiger partial charge in [-0.2, -0.15) is 0 Å². The van der Waals surface area contributed by atoms with Crippen molar-refractivity contribution in [1.82, 2.24) is 0 Å². The van der Waals surface area contributed by atoms with Crippen LogP contribution in [0.2, 0.25) is 0 Å². The van der Waals surface area contributed by atoms with Crippen molar-refractivity contribution in [2.45, 2.75) is 71.6 Å². The van der Waals surface area contributed by atoms with E-state index in [2.05, 4.69) is 45.0 Å². The average Bonchev–Trinajstić information content (AvgIpc) is 3.15. The maximum Gasteiger partial charge on any atom is 0.161 e. The molecule has 0 aromatic heterocycles. The third-order valence-electron chi connectivity index (χ3n) is 9.61. The zero-order chi connectivity index (χ0) is 23.2. The topological polar surface area (TPSA) is 38.7 Å². The second kappa shape index (κ2) is 8.89. The molecule has 0 saturated heterocycles. The fourth-order valence-corrected chi connectivity index (χ4v) is 7.91. The first-order chi connectivity index (χ1) is 15.9. The number of hydrogen-bond donors (Lipinski definition) is 1. The summed E-state index contributed by atoms with van der Waals surface area (Å²) in [5.41, 5.74) is 4.61. The van der Waals surface area contributed by atoms with Gasteiger partial charge >= 0.3 is 0 Å². The van der Waals surface area contributed by atoms with E-state index in [0.29, 0.717) is 23.0 Å². The summed E-state index contributed by atoms with van der Waals surface area (Å²) in [6, 6.07) is 12.5. The smallest absolute Gasteiger partial charge is 0.161 e. The van der Waals surface area contributed by atoms with Crippen LogP contribution >= 0.6 is 0 Å². The fraction of sp³-hybridized carbons (Fsp3) is 0.600. The maximum atomic E-state index is 10.0. The van der Waals surface area contributed by atoms with E-state index in [9.17, 15) is 5.11 Å². The third-order valence-corrected chi connectivity index (χ3v) is 9.61. The number of aryl methyl sites for hydroxylation is 1. The predicted molar refractivity (Wildman–Crippen MR) is 133 cm³/mol. The number of hydrogen-bond acceptors (Lipinski definition) is 3. The molecule has 2 saturated carbocycles. The molecule has 5 unspecified atom stereocenters. The van der Waals surface area contributed by atoms with Crippen LogP contribution in [0.25, 0.3) is 0 Å². The second-order valence-corrected chi connectivity index (χ2v) is 11.1. The van der Waals surface area contributed by atoms with Gasteiger partial charge in [0.05, 0.1) is 13.7 Å². The van der Waals surface area contributed by atoms with Crippen molar-refractivity contribution < 1.29 is 14.6 Å². The third kappa shape index (κ3) is 3.92. The summed E-state index contributed by atoms with van der Waals surface area (Å²) in [6.07, 6.45) is 8.52. The SMILES string of the molecule is CCc1ccc(OCCC2CCC3C4C(CCC23C)c2ccc(O)cc2C[C@H]4C)c(OC)c1. The molecule has 3 nitrogen and oxygen atoms in total. The summed E-state index contributed by atoms with van der Waals surface area (Å²) < 4.78 is 11.8. The van der Waals surface area contributed by atoms with Gasteiger partial charge in [-0.1, -0.05) is 32.9 Å². The first-order valence-electron chi connectivity index (χ1n) is 13.1. The molecule has 1 N–H and O–H groups in total. The molecule has 0 aliphatic heterocycles. The van der Waals surface area contributed by atoms with E-state index < -0.39 is 0 Å². The van der Waals surface area contributed by atoms with Gasteiger partial charge in [0.15, 0.2) is 11.5 Å². The van der Waals surface area contributed by atoms with Crippen LogP contribution in [0, 0.1) is 29.1 Å². The van der Waals surface area contributed by atoms with E-state index in [-0.39, 0.29) is 0 Å². The summed E-state index contributed by atoms with van der Waals surface area (Å²) >= 11 is 0. The van der Waals surface area contributed by atoms with Gasteiger partial charge in [0.1, 0.15) is 5.75 Å². The first-order valence-corrected chi connectivity index (χ1v) is 13.1. The maximum absolute atomic E-state index is 10.0. The highest BCUT2D eigenvalue weighted by Crippen LogP contribution is 2.64. The second-order valence-electron chi connectivity index (χ2n) is 11.1. The van der Waals surface area contributed by atoms with Crippen LogP contribution < -0.4 is 9.47 Å². The molecular formula is C30H40O3. The Morgan fingerprint density at radius 3 is 2.70 bits per heavy atom. The molecule has 5 rings (SSSR count). The molecule has 6 atom stereocenters. The van der Waals surface area contributed by atoms with Gasteiger partial charge in [-0.05, 0) is 121 Å². The lowest BCUT2D eigenvalue weighted by Crippen LogP contribution is -2.45. The van der Waals surface area contributed by atoms with Crippen molar-refractivity contribution in [3.63, 3.8) is 0 Å². The Balaban J connectivity index is 1.28. The number of phenols is 1. The van der Waals surface area contributed by atoms with Gasteiger partial charge in [-0.3, -0.25) is 0 Å². The number of fused-ring (bicyclic) bond motifs is 5. The highest BCUT2D eigenvalue weighted by Gasteiger charge is 2.55. The van der Waals surface area contributed by atoms with Crippen LogP contribution in [0.3, 0.4) is 0 Å². The summed E-state index contributed by atoms with van der Waals surface area (Å²) in [4.78, 5) is 0. The standard InChI is InChI=1S/C30H40O3/c1-5-20-6-11-27(28(17-20)32-4)33-15-13-22-7-10-26-29-19(2)16-21-18-23(31)8-9-24(21)25(29)12-14-30(22,26)3/h6,8-9,11,17-19,22,25-26,29,31H,5,7,10,12-16H2,1-4H3/t19-,22?,25?,26?,29?,30?/m1/s1. The van der Waals surface area contributed by atoms with E-state index in [4.69, 9.17) is 9.47 Å². The monoisotopic (exact) mass is 448 g/mol. The Morgan fingerprint density at radius 1 is 1.06 bits per heavy atom. The van der Waals surface area contributed by atoms with Crippen LogP contribution in [-0.2, 0) is 12.8 Å². The molecule has 33 heavy (non-hydrogen) atoms. The van der Waals surface area contributed by atoms with Crippen molar-refractivity contribution >= 4 is 0 Å². The molecule has 3 aliphatic rings. The molecule has 2 aromatic rings. The zero-order valence-electron chi connectivity index (χ0n) is 20.8. The van der Waals surface area contributed by atoms with Crippen LogP contribution in [0.5, 0.6) is 17.2 Å². The molecule has 2 fully saturated rings. The molecule has 178 valence electrons. The number of aromatic hydroxyl groups is 1. The van der Waals surface area contributed by atoms with Gasteiger partial charge in [-0.15, -0.1) is 0 Å². The number of methoxy groups -OCH3 is 1. The molecular weight excluding hydrogens is 408 g/mol. The van der Waals surface area contributed by atoms with E-state index in [1.807, 2.05) is 12.1 Å². The van der Waals surface area contributed by atoms with Crippen LogP contribution in [0.15, 0.2) is 36.4 Å². The van der Waals surface area contributed by atoms with E-state index >= 15 is 0 Å². The number of benzene rings is 2. The lowest BCUT2D eigenvalue weighted by molar-refractivity contribution is 0.000862. The number of rotatable bonds is 6. The minimum absolute atomic E-state index is 0.418. The van der Waals surface area contributed by atoms with Crippen molar-refractivity contribution in [3.05, 3.63) is 53.1 Å². The van der Waals surface area contributed by atoms with Crippen LogP contribution in [-0.4, -0.2) is 18.8 Å². The first kappa shape index (κ1) is 22.6. The normalized spacial score (nSPS) is 32.5. The molecule has 2 aromatic carbocycles. The lowest BCUT2D eigenvalue weighted by atomic mass is 9.51. The summed E-state index contributed by atoms with van der Waals surface area (Å²) in [7, 11) is 1.73. The number of phenolic OH excluding ortho intramolecular Hbond substituents is 1. The van der Waals surface area contributed by atoms with Gasteiger partial charge < -0.3 is 14.6 Å². The molecule has 0 spiro atoms. The predicted octanol–water partition coefficient (Wildman–Crippen LogP) is 7.15. The quantitative estimate of drug-likeness (QED) is 0.510. The highest BCUT2D eigenvalue weighted by molar-refractivity contribution is 5.43. The van der Waals surface area contributed by atoms with Gasteiger partial charge in [0, 0.05) is 0 Å². The Kier molecular flexibility index (Phi) is 6.09. The Labute approximate surface area is 199 Å². The largest absolute Gasteiger partial charge is 0.508 e. The summed E-state index contributed by atoms with van der Waals surface area (Å²) in [6.45, 7) is 7.97. The molecule has 0 heterocycles. The van der Waals surface area contributed by atoms with Gasteiger partial charge in [-0.25, -0.2) is 0 Å². The minimum atomic E-state index is 0.418. The van der Waals surface area contributed by atoms with Gasteiger partial charge in [0.25, 0.3) is 0 Å². The van der Waals surface area contributed by atoms with E-state index in [1.54, 1.807) is 7.11 Å². The Bertz CT molecular complexity index is 998. The molecule has 0 radical (unpaired) electrons. The van der Waals surface area contributed by atoms with Crippen molar-refractivity contribution in [2.75, 3.05) is 13.7 Å². The molecule has 3 heteroatoms. The van der Waals surface area contributed by atoms with E-state index in [1.165, 1.54) is 42.4 Å². The van der Waals surface area contributed by atoms with Crippen LogP contribution in [0.1, 0.15) is 75.5 Å². The van der Waals surface area contributed by atoms with Crippen molar-refractivity contribution in [2.24, 2.45) is 29.1 Å².